The number of carbonyl (C=O) groups excluding carboxylic acids is 1. The van der Waals surface area contributed by atoms with Crippen LogP contribution in [0.2, 0.25) is 0 Å². The van der Waals surface area contributed by atoms with Gasteiger partial charge in [-0.3, -0.25) is 4.79 Å². The molecule has 0 spiro atoms. The van der Waals surface area contributed by atoms with Gasteiger partial charge in [0, 0.05) is 5.69 Å². The number of nitrogens with zero attached hydrogens (tertiary/aromatic N) is 4. The maximum Gasteiger partial charge on any atom is 0.234 e. The summed E-state index contributed by atoms with van der Waals surface area (Å²) in [4.78, 5) is 12.1. The maximum atomic E-state index is 13.3. The molecule has 0 fully saturated rings. The Morgan fingerprint density at radius 3 is 2.80 bits per heavy atom. The van der Waals surface area contributed by atoms with E-state index in [1.54, 1.807) is 25.1 Å². The average molecular weight is 361 g/mol. The fraction of sp³-hybridized carbons (Fsp3) is 0.125. The molecule has 25 heavy (non-hydrogen) atoms. The second kappa shape index (κ2) is 7.39. The zero-order chi connectivity index (χ0) is 17.8. The minimum Gasteiger partial charge on any atom is -0.325 e. The van der Waals surface area contributed by atoms with Gasteiger partial charge in [0.1, 0.15) is 11.6 Å². The van der Waals surface area contributed by atoms with E-state index in [-0.39, 0.29) is 11.7 Å². The van der Waals surface area contributed by atoms with Crippen molar-refractivity contribution >= 4 is 23.4 Å². The fourth-order valence-corrected chi connectivity index (χ4v) is 2.77. The number of hydrogen-bond donors (Lipinski definition) is 1. The smallest absolute Gasteiger partial charge is 0.234 e. The fourth-order valence-electron chi connectivity index (χ4n) is 2.08. The van der Waals surface area contributed by atoms with Gasteiger partial charge < -0.3 is 5.32 Å². The monoisotopic (exact) mass is 361 g/mol. The summed E-state index contributed by atoms with van der Waals surface area (Å²) in [6, 6.07) is 9.97. The van der Waals surface area contributed by atoms with E-state index in [1.807, 2.05) is 0 Å². The molecule has 2 aromatic carbocycles. The largest absolute Gasteiger partial charge is 0.325 e. The minimum atomic E-state index is -0.427. The van der Waals surface area contributed by atoms with Crippen molar-refractivity contribution in [2.75, 3.05) is 11.1 Å². The van der Waals surface area contributed by atoms with Crippen molar-refractivity contribution < 1.29 is 13.6 Å². The van der Waals surface area contributed by atoms with Crippen LogP contribution in [0.15, 0.2) is 47.6 Å². The molecule has 0 aliphatic carbocycles. The highest BCUT2D eigenvalue weighted by Gasteiger charge is 2.13. The Morgan fingerprint density at radius 2 is 2.00 bits per heavy atom. The average Bonchev–Trinajstić information content (AvgIpc) is 3.05. The number of carbonyl (C=O) groups is 1. The molecule has 1 heterocycles. The first-order chi connectivity index (χ1) is 12.0. The molecule has 0 saturated heterocycles. The second-order valence-electron chi connectivity index (χ2n) is 5.15. The Morgan fingerprint density at radius 1 is 1.20 bits per heavy atom. The number of amides is 1. The first-order valence-corrected chi connectivity index (χ1v) is 8.24. The molecule has 1 N–H and O–H groups in total. The van der Waals surface area contributed by atoms with Gasteiger partial charge >= 0.3 is 0 Å². The lowest BCUT2D eigenvalue weighted by Gasteiger charge is -2.08. The lowest BCUT2D eigenvalue weighted by Crippen LogP contribution is -2.15. The zero-order valence-electron chi connectivity index (χ0n) is 13.1. The van der Waals surface area contributed by atoms with E-state index in [0.29, 0.717) is 16.5 Å². The second-order valence-corrected chi connectivity index (χ2v) is 6.09. The first kappa shape index (κ1) is 17.0. The van der Waals surface area contributed by atoms with Crippen molar-refractivity contribution in [3.05, 3.63) is 59.7 Å². The number of benzene rings is 2. The molecule has 0 aliphatic rings. The van der Waals surface area contributed by atoms with E-state index in [0.717, 1.165) is 17.3 Å². The Kier molecular flexibility index (Phi) is 5.03. The number of thioether (sulfide) groups is 1. The molecule has 3 rings (SSSR count). The zero-order valence-corrected chi connectivity index (χ0v) is 13.9. The molecular weight excluding hydrogens is 348 g/mol. The van der Waals surface area contributed by atoms with Gasteiger partial charge in [-0.15, -0.1) is 5.10 Å². The molecule has 1 aromatic heterocycles. The molecule has 0 saturated carbocycles. The molecule has 3 aromatic rings. The summed E-state index contributed by atoms with van der Waals surface area (Å²) in [5.41, 5.74) is 1.62. The highest BCUT2D eigenvalue weighted by atomic mass is 32.2. The molecule has 0 bridgehead atoms. The Labute approximate surface area is 146 Å². The molecule has 1 amide bonds. The van der Waals surface area contributed by atoms with E-state index in [4.69, 9.17) is 0 Å². The Bertz CT molecular complexity index is 915. The van der Waals surface area contributed by atoms with Crippen molar-refractivity contribution in [1.82, 2.24) is 20.2 Å². The highest BCUT2D eigenvalue weighted by Crippen LogP contribution is 2.20. The maximum absolute atomic E-state index is 13.3. The Balaban J connectivity index is 1.67. The van der Waals surface area contributed by atoms with Crippen LogP contribution in [0.5, 0.6) is 0 Å². The van der Waals surface area contributed by atoms with Crippen LogP contribution in [0.3, 0.4) is 0 Å². The van der Waals surface area contributed by atoms with E-state index in [9.17, 15) is 13.6 Å². The number of nitrogens with one attached hydrogen (secondary N) is 1. The molecule has 0 aliphatic heterocycles. The van der Waals surface area contributed by atoms with Gasteiger partial charge in [-0.25, -0.2) is 8.78 Å². The molecular formula is C16H13F2N5OS. The van der Waals surface area contributed by atoms with Crippen LogP contribution in [0.1, 0.15) is 5.56 Å². The summed E-state index contributed by atoms with van der Waals surface area (Å²) in [7, 11) is 0. The topological polar surface area (TPSA) is 72.7 Å². The van der Waals surface area contributed by atoms with Crippen LogP contribution in [0.4, 0.5) is 14.5 Å². The van der Waals surface area contributed by atoms with Crippen LogP contribution in [0.25, 0.3) is 5.69 Å². The van der Waals surface area contributed by atoms with E-state index in [2.05, 4.69) is 20.8 Å². The van der Waals surface area contributed by atoms with Crippen LogP contribution < -0.4 is 5.32 Å². The number of anilines is 1. The number of hydrogen-bond acceptors (Lipinski definition) is 5. The summed E-state index contributed by atoms with van der Waals surface area (Å²) >= 11 is 1.09. The predicted molar refractivity (Wildman–Crippen MR) is 89.6 cm³/mol. The first-order valence-electron chi connectivity index (χ1n) is 7.26. The standard InChI is InChI=1S/C16H13F2N5OS/c1-10-5-6-12(18)8-14(10)19-15(24)9-25-16-20-21-22-23(16)13-4-2-3-11(17)7-13/h2-8H,9H2,1H3,(H,19,24). The summed E-state index contributed by atoms with van der Waals surface area (Å²) in [5.74, 6) is -1.15. The molecule has 0 unspecified atom stereocenters. The molecule has 6 nitrogen and oxygen atoms in total. The van der Waals surface area contributed by atoms with Gasteiger partial charge in [0.15, 0.2) is 0 Å². The van der Waals surface area contributed by atoms with Gasteiger partial charge in [0.25, 0.3) is 0 Å². The van der Waals surface area contributed by atoms with Crippen LogP contribution in [-0.4, -0.2) is 31.9 Å². The Hall–Kier alpha value is -2.81. The highest BCUT2D eigenvalue weighted by molar-refractivity contribution is 7.99. The molecule has 0 atom stereocenters. The SMILES string of the molecule is Cc1ccc(F)cc1NC(=O)CSc1nnnn1-c1cccc(F)c1. The van der Waals surface area contributed by atoms with Gasteiger partial charge in [0.05, 0.1) is 11.4 Å². The number of aromatic nitrogens is 4. The molecule has 9 heteroatoms. The van der Waals surface area contributed by atoms with Crippen molar-refractivity contribution in [2.24, 2.45) is 0 Å². The third kappa shape index (κ3) is 4.18. The summed E-state index contributed by atoms with van der Waals surface area (Å²) in [6.45, 7) is 1.77. The lowest BCUT2D eigenvalue weighted by atomic mass is 10.2. The van der Waals surface area contributed by atoms with Crippen molar-refractivity contribution in [1.29, 1.82) is 0 Å². The van der Waals surface area contributed by atoms with Crippen molar-refractivity contribution in [2.45, 2.75) is 12.1 Å². The third-order valence-corrected chi connectivity index (χ3v) is 4.22. The van der Waals surface area contributed by atoms with Crippen molar-refractivity contribution in [3.8, 4) is 5.69 Å². The van der Waals surface area contributed by atoms with Crippen LogP contribution in [-0.2, 0) is 4.79 Å². The van der Waals surface area contributed by atoms with Gasteiger partial charge in [-0.2, -0.15) is 4.68 Å². The van der Waals surface area contributed by atoms with E-state index >= 15 is 0 Å². The molecule has 128 valence electrons. The van der Waals surface area contributed by atoms with Gasteiger partial charge in [-0.05, 0) is 53.2 Å². The number of aryl methyl sites for hydroxylation is 1. The minimum absolute atomic E-state index is 0.0195. The van der Waals surface area contributed by atoms with Gasteiger partial charge in [-0.1, -0.05) is 23.9 Å². The summed E-state index contributed by atoms with van der Waals surface area (Å²) < 4.78 is 27.9. The van der Waals surface area contributed by atoms with Crippen LogP contribution >= 0.6 is 11.8 Å². The number of rotatable bonds is 5. The normalized spacial score (nSPS) is 10.7. The van der Waals surface area contributed by atoms with E-state index < -0.39 is 11.6 Å². The lowest BCUT2D eigenvalue weighted by molar-refractivity contribution is -0.113. The third-order valence-electron chi connectivity index (χ3n) is 3.30. The summed E-state index contributed by atoms with van der Waals surface area (Å²) in [5, 5.41) is 14.2. The van der Waals surface area contributed by atoms with Crippen LogP contribution in [0, 0.1) is 18.6 Å². The summed E-state index contributed by atoms with van der Waals surface area (Å²) in [6.07, 6.45) is 0. The predicted octanol–water partition coefficient (Wildman–Crippen LogP) is 2.98. The number of halogens is 2. The van der Waals surface area contributed by atoms with Crippen molar-refractivity contribution in [3.63, 3.8) is 0 Å². The molecule has 0 radical (unpaired) electrons. The van der Waals surface area contributed by atoms with Gasteiger partial charge in [0.2, 0.25) is 11.1 Å². The quantitative estimate of drug-likeness (QED) is 0.708. The van der Waals surface area contributed by atoms with E-state index in [1.165, 1.54) is 28.9 Å². The number of tetrazole rings is 1.